The van der Waals surface area contributed by atoms with Crippen molar-refractivity contribution in [1.29, 1.82) is 0 Å². The molecule has 3 atom stereocenters. The largest absolute Gasteiger partial charge is 0.368 e. The second-order valence-corrected chi connectivity index (χ2v) is 6.21. The highest BCUT2D eigenvalue weighted by Crippen LogP contribution is 2.28. The molecule has 5 nitrogen and oxygen atoms in total. The number of nitrogens with one attached hydrogen (secondary N) is 1. The predicted molar refractivity (Wildman–Crippen MR) is 69.5 cm³/mol. The van der Waals surface area contributed by atoms with E-state index in [0.717, 1.165) is 37.0 Å². The van der Waals surface area contributed by atoms with Crippen LogP contribution in [0.4, 0.5) is 0 Å². The van der Waals surface area contributed by atoms with Crippen molar-refractivity contribution >= 4 is 11.8 Å². The maximum absolute atomic E-state index is 5.66. The molecular formula is C12H19N3O2S. The average Bonchev–Trinajstić information content (AvgIpc) is 2.89. The zero-order valence-corrected chi connectivity index (χ0v) is 11.4. The van der Waals surface area contributed by atoms with Gasteiger partial charge in [-0.15, -0.1) is 0 Å². The molecule has 3 unspecified atom stereocenters. The maximum atomic E-state index is 5.66. The van der Waals surface area contributed by atoms with Gasteiger partial charge in [-0.3, -0.25) is 0 Å². The molecule has 3 rings (SSSR count). The van der Waals surface area contributed by atoms with E-state index in [4.69, 9.17) is 9.26 Å². The van der Waals surface area contributed by atoms with E-state index in [1.165, 1.54) is 6.42 Å². The van der Waals surface area contributed by atoms with Gasteiger partial charge in [-0.25, -0.2) is 0 Å². The first-order chi connectivity index (χ1) is 8.83. The molecule has 0 spiro atoms. The third-order valence-electron chi connectivity index (χ3n) is 3.53. The second kappa shape index (κ2) is 5.59. The number of piperidine rings is 1. The fourth-order valence-electron chi connectivity index (χ4n) is 2.45. The van der Waals surface area contributed by atoms with Gasteiger partial charge < -0.3 is 14.6 Å². The first-order valence-electron chi connectivity index (χ1n) is 6.59. The smallest absolute Gasteiger partial charge is 0.243 e. The van der Waals surface area contributed by atoms with E-state index >= 15 is 0 Å². The van der Waals surface area contributed by atoms with Gasteiger partial charge in [0.2, 0.25) is 11.7 Å². The Kier molecular flexibility index (Phi) is 3.86. The maximum Gasteiger partial charge on any atom is 0.243 e. The fourth-order valence-corrected chi connectivity index (χ4v) is 3.29. The summed E-state index contributed by atoms with van der Waals surface area (Å²) >= 11 is 1.88. The highest BCUT2D eigenvalue weighted by molar-refractivity contribution is 7.99. The quantitative estimate of drug-likeness (QED) is 0.885. The van der Waals surface area contributed by atoms with Crippen LogP contribution < -0.4 is 5.32 Å². The van der Waals surface area contributed by atoms with Crippen molar-refractivity contribution in [2.24, 2.45) is 5.92 Å². The lowest BCUT2D eigenvalue weighted by atomic mass is 9.94. The number of aromatic nitrogens is 2. The Hall–Kier alpha value is -0.590. The van der Waals surface area contributed by atoms with Gasteiger partial charge in [0.15, 0.2) is 0 Å². The number of thioether (sulfide) groups is 1. The van der Waals surface area contributed by atoms with Crippen molar-refractivity contribution in [2.45, 2.75) is 31.9 Å². The third kappa shape index (κ3) is 2.70. The van der Waals surface area contributed by atoms with Crippen molar-refractivity contribution < 1.29 is 9.26 Å². The summed E-state index contributed by atoms with van der Waals surface area (Å²) in [7, 11) is 0. The van der Waals surface area contributed by atoms with Crippen molar-refractivity contribution in [2.75, 3.05) is 24.7 Å². The van der Waals surface area contributed by atoms with Crippen LogP contribution in [0.3, 0.4) is 0 Å². The molecule has 1 N–H and O–H groups in total. The molecule has 1 aromatic heterocycles. The van der Waals surface area contributed by atoms with Crippen LogP contribution in [-0.2, 0) is 4.74 Å². The van der Waals surface area contributed by atoms with Crippen molar-refractivity contribution in [3.63, 3.8) is 0 Å². The highest BCUT2D eigenvalue weighted by Gasteiger charge is 2.27. The molecule has 0 aliphatic carbocycles. The van der Waals surface area contributed by atoms with Gasteiger partial charge in [-0.05, 0) is 25.3 Å². The molecule has 18 heavy (non-hydrogen) atoms. The van der Waals surface area contributed by atoms with E-state index in [-0.39, 0.29) is 12.1 Å². The van der Waals surface area contributed by atoms with Gasteiger partial charge in [0.1, 0.15) is 6.10 Å². The lowest BCUT2D eigenvalue weighted by Gasteiger charge is -2.25. The Morgan fingerprint density at radius 1 is 1.44 bits per heavy atom. The Bertz CT molecular complexity index is 392. The second-order valence-electron chi connectivity index (χ2n) is 5.06. The van der Waals surface area contributed by atoms with Crippen LogP contribution in [0.1, 0.15) is 43.6 Å². The summed E-state index contributed by atoms with van der Waals surface area (Å²) in [5, 5.41) is 7.52. The minimum Gasteiger partial charge on any atom is -0.368 e. The normalized spacial score (nSPS) is 33.5. The van der Waals surface area contributed by atoms with Crippen LogP contribution in [0.2, 0.25) is 0 Å². The standard InChI is InChI=1S/C12H19N3O2S/c1-8-2-3-13-9(6-8)12-14-11(15-17-12)10-7-18-5-4-16-10/h8-10,13H,2-7H2,1H3. The van der Waals surface area contributed by atoms with Crippen LogP contribution >= 0.6 is 11.8 Å². The topological polar surface area (TPSA) is 60.2 Å². The SMILES string of the molecule is CC1CCNC(c2nc(C3CSCCO3)no2)C1. The van der Waals surface area contributed by atoms with Gasteiger partial charge in [-0.1, -0.05) is 12.1 Å². The molecule has 2 fully saturated rings. The van der Waals surface area contributed by atoms with Crippen molar-refractivity contribution in [3.8, 4) is 0 Å². The van der Waals surface area contributed by atoms with E-state index in [2.05, 4.69) is 22.4 Å². The van der Waals surface area contributed by atoms with Crippen molar-refractivity contribution in [3.05, 3.63) is 11.7 Å². The first-order valence-corrected chi connectivity index (χ1v) is 7.74. The first kappa shape index (κ1) is 12.4. The van der Waals surface area contributed by atoms with Crippen LogP contribution in [-0.4, -0.2) is 34.8 Å². The van der Waals surface area contributed by atoms with Crippen LogP contribution in [0, 0.1) is 5.92 Å². The molecule has 2 saturated heterocycles. The summed E-state index contributed by atoms with van der Waals surface area (Å²) in [5.41, 5.74) is 0. The zero-order chi connectivity index (χ0) is 12.4. The van der Waals surface area contributed by atoms with Gasteiger partial charge >= 0.3 is 0 Å². The molecule has 0 amide bonds. The zero-order valence-electron chi connectivity index (χ0n) is 10.6. The summed E-state index contributed by atoms with van der Waals surface area (Å²) in [6, 6.07) is 0.214. The van der Waals surface area contributed by atoms with Crippen LogP contribution in [0.25, 0.3) is 0 Å². The summed E-state index contributed by atoms with van der Waals surface area (Å²) in [5.74, 6) is 4.12. The van der Waals surface area contributed by atoms with E-state index in [1.807, 2.05) is 11.8 Å². The molecule has 0 bridgehead atoms. The number of hydrogen-bond acceptors (Lipinski definition) is 6. The Morgan fingerprint density at radius 3 is 3.17 bits per heavy atom. The molecule has 0 radical (unpaired) electrons. The third-order valence-corrected chi connectivity index (χ3v) is 4.52. The molecule has 6 heteroatoms. The predicted octanol–water partition coefficient (Wildman–Crippen LogP) is 1.93. The van der Waals surface area contributed by atoms with Crippen LogP contribution in [0.15, 0.2) is 4.52 Å². The highest BCUT2D eigenvalue weighted by atomic mass is 32.2. The Balaban J connectivity index is 1.68. The minimum atomic E-state index is 0.00210. The number of rotatable bonds is 2. The van der Waals surface area contributed by atoms with E-state index in [9.17, 15) is 0 Å². The van der Waals surface area contributed by atoms with E-state index in [1.54, 1.807) is 0 Å². The van der Waals surface area contributed by atoms with E-state index < -0.39 is 0 Å². The molecular weight excluding hydrogens is 250 g/mol. The van der Waals surface area contributed by atoms with Crippen molar-refractivity contribution in [1.82, 2.24) is 15.5 Å². The summed E-state index contributed by atoms with van der Waals surface area (Å²) in [4.78, 5) is 4.51. The van der Waals surface area contributed by atoms with Gasteiger partial charge in [0, 0.05) is 11.5 Å². The minimum absolute atomic E-state index is 0.00210. The molecule has 3 heterocycles. The number of nitrogens with zero attached hydrogens (tertiary/aromatic N) is 2. The van der Waals surface area contributed by atoms with Gasteiger partial charge in [0.25, 0.3) is 0 Å². The Morgan fingerprint density at radius 2 is 2.39 bits per heavy atom. The molecule has 1 aromatic rings. The molecule has 2 aliphatic rings. The van der Waals surface area contributed by atoms with Gasteiger partial charge in [0.05, 0.1) is 12.6 Å². The fraction of sp³-hybridized carbons (Fsp3) is 0.833. The monoisotopic (exact) mass is 269 g/mol. The lowest BCUT2D eigenvalue weighted by Crippen LogP contribution is -2.31. The summed E-state index contributed by atoms with van der Waals surface area (Å²) in [6.45, 7) is 4.07. The molecule has 0 saturated carbocycles. The number of hydrogen-bond donors (Lipinski definition) is 1. The summed E-state index contributed by atoms with van der Waals surface area (Å²) in [6.07, 6.45) is 2.30. The Labute approximate surface area is 111 Å². The van der Waals surface area contributed by atoms with Crippen LogP contribution in [0.5, 0.6) is 0 Å². The number of ether oxygens (including phenoxy) is 1. The lowest BCUT2D eigenvalue weighted by molar-refractivity contribution is 0.0677. The van der Waals surface area contributed by atoms with E-state index in [0.29, 0.717) is 11.7 Å². The average molecular weight is 269 g/mol. The summed E-state index contributed by atoms with van der Waals surface area (Å²) < 4.78 is 11.1. The molecule has 0 aromatic carbocycles. The molecule has 2 aliphatic heterocycles. The molecule has 100 valence electrons. The van der Waals surface area contributed by atoms with Gasteiger partial charge in [-0.2, -0.15) is 16.7 Å².